The Kier molecular flexibility index (Phi) is 5.01. The van der Waals surface area contributed by atoms with Crippen LogP contribution in [0.15, 0.2) is 47.4 Å². The third-order valence-electron chi connectivity index (χ3n) is 4.03. The minimum atomic E-state index is -3.69. The van der Waals surface area contributed by atoms with E-state index < -0.39 is 10.0 Å². The lowest BCUT2D eigenvalue weighted by molar-refractivity contribution is 0.0954. The predicted molar refractivity (Wildman–Crippen MR) is 97.1 cm³/mol. The lowest BCUT2D eigenvalue weighted by Gasteiger charge is -2.06. The molecule has 9 heteroatoms. The van der Waals surface area contributed by atoms with E-state index in [0.717, 1.165) is 11.1 Å². The monoisotopic (exact) mass is 373 g/mol. The fourth-order valence-electron chi connectivity index (χ4n) is 2.62. The quantitative estimate of drug-likeness (QED) is 0.670. The number of carbonyl (C=O) groups is 1. The van der Waals surface area contributed by atoms with Crippen molar-refractivity contribution in [2.45, 2.75) is 24.8 Å². The molecule has 0 saturated heterocycles. The van der Waals surface area contributed by atoms with Crippen LogP contribution in [0.25, 0.3) is 11.0 Å². The smallest absolute Gasteiger partial charge is 0.251 e. The molecular weight excluding hydrogens is 354 g/mol. The van der Waals surface area contributed by atoms with Gasteiger partial charge in [0.1, 0.15) is 5.52 Å². The van der Waals surface area contributed by atoms with E-state index >= 15 is 0 Å². The molecule has 0 aliphatic heterocycles. The number of aryl methyl sites for hydroxylation is 1. The minimum Gasteiger partial charge on any atom is -0.352 e. The van der Waals surface area contributed by atoms with Gasteiger partial charge in [0.2, 0.25) is 10.0 Å². The number of nitrogens with zero attached hydrogens (tertiary/aromatic N) is 3. The summed E-state index contributed by atoms with van der Waals surface area (Å²) in [6, 6.07) is 11.6. The number of hydrogen-bond acceptors (Lipinski definition) is 5. The summed E-state index contributed by atoms with van der Waals surface area (Å²) >= 11 is 0. The molecule has 8 nitrogen and oxygen atoms in total. The first-order chi connectivity index (χ1) is 12.4. The van der Waals surface area contributed by atoms with E-state index in [1.165, 1.54) is 12.1 Å². The normalized spacial score (nSPS) is 11.6. The number of nitrogens with one attached hydrogen (secondary N) is 1. The van der Waals surface area contributed by atoms with Crippen molar-refractivity contribution in [2.24, 2.45) is 5.14 Å². The van der Waals surface area contributed by atoms with Crippen molar-refractivity contribution in [3.8, 4) is 0 Å². The molecule has 1 heterocycles. The van der Waals surface area contributed by atoms with Gasteiger partial charge >= 0.3 is 0 Å². The molecule has 0 atom stereocenters. The van der Waals surface area contributed by atoms with Crippen LogP contribution in [0.2, 0.25) is 0 Å². The lowest BCUT2D eigenvalue weighted by Crippen LogP contribution is -2.25. The first-order valence-electron chi connectivity index (χ1n) is 8.11. The van der Waals surface area contributed by atoms with Gasteiger partial charge in [-0.1, -0.05) is 17.3 Å². The van der Waals surface area contributed by atoms with E-state index in [4.69, 9.17) is 5.14 Å². The lowest BCUT2D eigenvalue weighted by atomic mass is 10.1. The molecule has 1 amide bonds. The number of hydrogen-bond donors (Lipinski definition) is 2. The number of primary sulfonamides is 1. The molecule has 26 heavy (non-hydrogen) atoms. The zero-order chi connectivity index (χ0) is 18.7. The molecule has 3 aromatic rings. The SMILES string of the molecule is CCn1nnc2cc(C(=O)NCCc3ccc(S(N)(=O)=O)cc3)ccc21. The van der Waals surface area contributed by atoms with Gasteiger partial charge in [-0.05, 0) is 49.2 Å². The van der Waals surface area contributed by atoms with Crippen molar-refractivity contribution in [2.75, 3.05) is 6.54 Å². The van der Waals surface area contributed by atoms with Crippen LogP contribution < -0.4 is 10.5 Å². The number of aromatic nitrogens is 3. The van der Waals surface area contributed by atoms with Gasteiger partial charge in [0.25, 0.3) is 5.91 Å². The second kappa shape index (κ2) is 7.22. The van der Waals surface area contributed by atoms with Gasteiger partial charge in [0, 0.05) is 18.7 Å². The van der Waals surface area contributed by atoms with Crippen LogP contribution in [0.1, 0.15) is 22.8 Å². The maximum Gasteiger partial charge on any atom is 0.251 e. The topological polar surface area (TPSA) is 120 Å². The van der Waals surface area contributed by atoms with Crippen molar-refractivity contribution in [3.05, 3.63) is 53.6 Å². The van der Waals surface area contributed by atoms with Gasteiger partial charge in [0.15, 0.2) is 0 Å². The molecule has 3 rings (SSSR count). The average molecular weight is 373 g/mol. The van der Waals surface area contributed by atoms with Crippen LogP contribution in [0, 0.1) is 0 Å². The van der Waals surface area contributed by atoms with Crippen LogP contribution in [-0.2, 0) is 23.0 Å². The largest absolute Gasteiger partial charge is 0.352 e. The summed E-state index contributed by atoms with van der Waals surface area (Å²) in [5.74, 6) is -0.195. The van der Waals surface area contributed by atoms with E-state index in [9.17, 15) is 13.2 Å². The van der Waals surface area contributed by atoms with E-state index in [1.807, 2.05) is 13.0 Å². The van der Waals surface area contributed by atoms with Crippen LogP contribution in [0.4, 0.5) is 0 Å². The van der Waals surface area contributed by atoms with Crippen molar-refractivity contribution >= 4 is 27.0 Å². The highest BCUT2D eigenvalue weighted by atomic mass is 32.2. The number of amides is 1. The maximum absolute atomic E-state index is 12.3. The highest BCUT2D eigenvalue weighted by molar-refractivity contribution is 7.89. The number of carbonyl (C=O) groups excluding carboxylic acids is 1. The molecule has 0 unspecified atom stereocenters. The highest BCUT2D eigenvalue weighted by Gasteiger charge is 2.10. The Balaban J connectivity index is 1.60. The summed E-state index contributed by atoms with van der Waals surface area (Å²) in [6.07, 6.45) is 0.574. The number of fused-ring (bicyclic) bond motifs is 1. The molecule has 0 spiro atoms. The molecule has 0 fully saturated rings. The molecule has 2 aromatic carbocycles. The summed E-state index contributed by atoms with van der Waals surface area (Å²) in [4.78, 5) is 12.3. The van der Waals surface area contributed by atoms with Crippen molar-refractivity contribution < 1.29 is 13.2 Å². The Morgan fingerprint density at radius 2 is 1.92 bits per heavy atom. The van der Waals surface area contributed by atoms with Crippen molar-refractivity contribution in [3.63, 3.8) is 0 Å². The summed E-state index contributed by atoms with van der Waals surface area (Å²) in [5, 5.41) is 16.0. The fraction of sp³-hybridized carbons (Fsp3) is 0.235. The number of benzene rings is 2. The Morgan fingerprint density at radius 3 is 2.58 bits per heavy atom. The van der Waals surface area contributed by atoms with E-state index in [0.29, 0.717) is 30.6 Å². The first kappa shape index (κ1) is 18.0. The summed E-state index contributed by atoms with van der Waals surface area (Å²) < 4.78 is 24.2. The number of sulfonamides is 1. The van der Waals surface area contributed by atoms with E-state index in [2.05, 4.69) is 15.6 Å². The van der Waals surface area contributed by atoms with E-state index in [-0.39, 0.29) is 10.8 Å². The summed E-state index contributed by atoms with van der Waals surface area (Å²) in [7, 11) is -3.69. The number of nitrogens with two attached hydrogens (primary N) is 1. The highest BCUT2D eigenvalue weighted by Crippen LogP contribution is 2.13. The standard InChI is InChI=1S/C17H19N5O3S/c1-2-22-16-8-5-13(11-15(16)20-21-22)17(23)19-10-9-12-3-6-14(7-4-12)26(18,24)25/h3-8,11H,2,9-10H2,1H3,(H,19,23)(H2,18,24,25). The van der Waals surface area contributed by atoms with Crippen LogP contribution in [0.3, 0.4) is 0 Å². The predicted octanol–water partition coefficient (Wildman–Crippen LogP) is 1.07. The van der Waals surface area contributed by atoms with Gasteiger partial charge in [-0.2, -0.15) is 0 Å². The van der Waals surface area contributed by atoms with Crippen molar-refractivity contribution in [1.82, 2.24) is 20.3 Å². The third-order valence-corrected chi connectivity index (χ3v) is 4.96. The third kappa shape index (κ3) is 3.89. The molecule has 0 aliphatic rings. The second-order valence-electron chi connectivity index (χ2n) is 5.80. The zero-order valence-electron chi connectivity index (χ0n) is 14.2. The molecule has 0 saturated carbocycles. The molecule has 1 aromatic heterocycles. The molecule has 0 radical (unpaired) electrons. The van der Waals surface area contributed by atoms with Crippen LogP contribution >= 0.6 is 0 Å². The van der Waals surface area contributed by atoms with Crippen LogP contribution in [0.5, 0.6) is 0 Å². The number of rotatable bonds is 6. The Hall–Kier alpha value is -2.78. The van der Waals surface area contributed by atoms with E-state index in [1.54, 1.807) is 28.9 Å². The fourth-order valence-corrected chi connectivity index (χ4v) is 3.13. The molecule has 136 valence electrons. The van der Waals surface area contributed by atoms with Gasteiger partial charge < -0.3 is 5.32 Å². The average Bonchev–Trinajstić information content (AvgIpc) is 3.03. The Bertz CT molecular complexity index is 1040. The molecule has 3 N–H and O–H groups in total. The van der Waals surface area contributed by atoms with Crippen molar-refractivity contribution in [1.29, 1.82) is 0 Å². The maximum atomic E-state index is 12.3. The summed E-state index contributed by atoms with van der Waals surface area (Å²) in [6.45, 7) is 3.11. The van der Waals surface area contributed by atoms with Gasteiger partial charge in [-0.15, -0.1) is 5.10 Å². The van der Waals surface area contributed by atoms with Crippen LogP contribution in [-0.4, -0.2) is 35.9 Å². The Morgan fingerprint density at radius 1 is 1.19 bits per heavy atom. The zero-order valence-corrected chi connectivity index (χ0v) is 15.0. The molecular formula is C17H19N5O3S. The van der Waals surface area contributed by atoms with Gasteiger partial charge in [0.05, 0.1) is 10.4 Å². The van der Waals surface area contributed by atoms with Gasteiger partial charge in [-0.3, -0.25) is 4.79 Å². The molecule has 0 aliphatic carbocycles. The second-order valence-corrected chi connectivity index (χ2v) is 7.36. The van der Waals surface area contributed by atoms with Gasteiger partial charge in [-0.25, -0.2) is 18.2 Å². The molecule has 0 bridgehead atoms. The summed E-state index contributed by atoms with van der Waals surface area (Å²) in [5.41, 5.74) is 2.99. The Labute approximate surface area is 151 Å². The first-order valence-corrected chi connectivity index (χ1v) is 9.66. The minimum absolute atomic E-state index is 0.0683.